The van der Waals surface area contributed by atoms with Gasteiger partial charge in [-0.3, -0.25) is 14.6 Å². The number of hydrogen-bond donors (Lipinski definition) is 1. The lowest BCUT2D eigenvalue weighted by atomic mass is 10.1. The van der Waals surface area contributed by atoms with Crippen LogP contribution in [-0.4, -0.2) is 24.1 Å². The molecule has 3 aromatic rings. The fraction of sp³-hybridized carbons (Fsp3) is 0.160. The maximum absolute atomic E-state index is 13.1. The van der Waals surface area contributed by atoms with E-state index in [2.05, 4.69) is 5.32 Å². The zero-order chi connectivity index (χ0) is 21.8. The molecule has 0 aliphatic carbocycles. The van der Waals surface area contributed by atoms with Crippen molar-refractivity contribution < 1.29 is 14.0 Å². The van der Waals surface area contributed by atoms with E-state index in [0.29, 0.717) is 17.1 Å². The fourth-order valence-electron chi connectivity index (χ4n) is 3.43. The lowest BCUT2D eigenvalue weighted by molar-refractivity contribution is -0.123. The van der Waals surface area contributed by atoms with E-state index < -0.39 is 0 Å². The van der Waals surface area contributed by atoms with Gasteiger partial charge in [-0.1, -0.05) is 54.1 Å². The van der Waals surface area contributed by atoms with Crippen LogP contribution in [0.5, 0.6) is 0 Å². The predicted octanol–water partition coefficient (Wildman–Crippen LogP) is 4.31. The lowest BCUT2D eigenvalue weighted by Crippen LogP contribution is -2.41. The molecule has 31 heavy (non-hydrogen) atoms. The number of aryl methyl sites for hydroxylation is 1. The summed E-state index contributed by atoms with van der Waals surface area (Å²) in [6.45, 7) is 2.15. The van der Waals surface area contributed by atoms with E-state index in [9.17, 15) is 14.0 Å². The maximum Gasteiger partial charge on any atom is 0.240 e. The summed E-state index contributed by atoms with van der Waals surface area (Å²) in [5, 5.41) is 2.79. The van der Waals surface area contributed by atoms with Crippen LogP contribution in [0.4, 0.5) is 15.8 Å². The van der Waals surface area contributed by atoms with Gasteiger partial charge in [0, 0.05) is 6.54 Å². The Kier molecular flexibility index (Phi) is 5.89. The van der Waals surface area contributed by atoms with Crippen molar-refractivity contribution in [3.05, 3.63) is 95.3 Å². The highest BCUT2D eigenvalue weighted by Crippen LogP contribution is 2.32. The molecule has 0 unspecified atom stereocenters. The molecule has 0 spiro atoms. The van der Waals surface area contributed by atoms with E-state index in [1.807, 2.05) is 49.4 Å². The molecule has 3 aromatic carbocycles. The fourth-order valence-corrected chi connectivity index (χ4v) is 3.43. The summed E-state index contributed by atoms with van der Waals surface area (Å²) >= 11 is 0. The number of halogens is 1. The highest BCUT2D eigenvalue weighted by Gasteiger charge is 2.26. The van der Waals surface area contributed by atoms with E-state index >= 15 is 0 Å². The second-order valence-electron chi connectivity index (χ2n) is 7.47. The van der Waals surface area contributed by atoms with Gasteiger partial charge in [0.15, 0.2) is 0 Å². The molecule has 4 rings (SSSR count). The normalized spacial score (nSPS) is 13.3. The maximum atomic E-state index is 13.1. The number of fused-ring (bicyclic) bond motifs is 1. The molecule has 1 N–H and O–H groups in total. The van der Waals surface area contributed by atoms with Crippen LogP contribution in [0.1, 0.15) is 23.1 Å². The molecule has 5 nitrogen and oxygen atoms in total. The second-order valence-corrected chi connectivity index (χ2v) is 7.47. The molecule has 0 fully saturated rings. The van der Waals surface area contributed by atoms with E-state index in [1.165, 1.54) is 17.0 Å². The first-order chi connectivity index (χ1) is 15.0. The van der Waals surface area contributed by atoms with E-state index in [0.717, 1.165) is 16.7 Å². The van der Waals surface area contributed by atoms with Crippen LogP contribution in [0.3, 0.4) is 0 Å². The smallest absolute Gasteiger partial charge is 0.240 e. The minimum Gasteiger partial charge on any atom is -0.350 e. The molecule has 1 heterocycles. The molecule has 156 valence electrons. The van der Waals surface area contributed by atoms with Gasteiger partial charge in [-0.15, -0.1) is 0 Å². The number of anilines is 1. The molecule has 0 atom stereocenters. The minimum absolute atomic E-state index is 0.100. The Hall–Kier alpha value is -3.80. The van der Waals surface area contributed by atoms with Gasteiger partial charge in [0.05, 0.1) is 23.5 Å². The van der Waals surface area contributed by atoms with Crippen LogP contribution in [0.2, 0.25) is 0 Å². The number of hydrogen-bond acceptors (Lipinski definition) is 3. The molecule has 0 bridgehead atoms. The Morgan fingerprint density at radius 3 is 2.48 bits per heavy atom. The van der Waals surface area contributed by atoms with Crippen LogP contribution >= 0.6 is 0 Å². The van der Waals surface area contributed by atoms with Crippen LogP contribution in [-0.2, 0) is 16.1 Å². The Labute approximate surface area is 180 Å². The molecule has 0 aromatic heterocycles. The number of para-hydroxylation sites is 2. The van der Waals surface area contributed by atoms with Crippen LogP contribution < -0.4 is 10.2 Å². The molecule has 0 radical (unpaired) electrons. The average molecular weight is 415 g/mol. The Morgan fingerprint density at radius 2 is 1.74 bits per heavy atom. The van der Waals surface area contributed by atoms with E-state index in [-0.39, 0.29) is 37.1 Å². The van der Waals surface area contributed by atoms with Gasteiger partial charge in [-0.2, -0.15) is 0 Å². The molecule has 2 amide bonds. The average Bonchev–Trinajstić information content (AvgIpc) is 2.90. The van der Waals surface area contributed by atoms with Gasteiger partial charge in [-0.05, 0) is 42.3 Å². The van der Waals surface area contributed by atoms with Gasteiger partial charge < -0.3 is 10.2 Å². The van der Waals surface area contributed by atoms with Crippen molar-refractivity contribution in [2.24, 2.45) is 4.99 Å². The summed E-state index contributed by atoms with van der Waals surface area (Å²) < 4.78 is 13.0. The number of nitrogens with zero attached hydrogens (tertiary/aromatic N) is 2. The molecule has 1 aliphatic heterocycles. The first-order valence-corrected chi connectivity index (χ1v) is 10.0. The molecular weight excluding hydrogens is 393 g/mol. The number of aliphatic imine (C=N–C) groups is 1. The summed E-state index contributed by atoms with van der Waals surface area (Å²) in [6.07, 6.45) is 0.100. The zero-order valence-corrected chi connectivity index (χ0v) is 17.1. The highest BCUT2D eigenvalue weighted by atomic mass is 19.1. The summed E-state index contributed by atoms with van der Waals surface area (Å²) in [4.78, 5) is 31.9. The molecule has 6 heteroatoms. The third-order valence-corrected chi connectivity index (χ3v) is 5.14. The third kappa shape index (κ3) is 4.86. The SMILES string of the molecule is Cc1ccc(C2=Nc3ccccc3N(CC(=O)NCc3ccc(F)cc3)C(=O)C2)cc1. The number of benzene rings is 3. The number of nitrogens with one attached hydrogen (secondary N) is 1. The van der Waals surface area contributed by atoms with Crippen molar-refractivity contribution in [3.8, 4) is 0 Å². The molecular formula is C25H22FN3O2. The predicted molar refractivity (Wildman–Crippen MR) is 119 cm³/mol. The largest absolute Gasteiger partial charge is 0.350 e. The summed E-state index contributed by atoms with van der Waals surface area (Å²) in [5.74, 6) is -0.821. The first-order valence-electron chi connectivity index (χ1n) is 10.0. The molecule has 0 saturated heterocycles. The summed E-state index contributed by atoms with van der Waals surface area (Å²) in [6, 6.07) is 21.1. The van der Waals surface area contributed by atoms with Crippen molar-refractivity contribution >= 4 is 28.9 Å². The van der Waals surface area contributed by atoms with Gasteiger partial charge in [0.1, 0.15) is 12.4 Å². The van der Waals surface area contributed by atoms with Gasteiger partial charge in [0.25, 0.3) is 0 Å². The number of rotatable bonds is 5. The minimum atomic E-state index is -0.328. The quantitative estimate of drug-likeness (QED) is 0.675. The van der Waals surface area contributed by atoms with Crippen LogP contribution in [0.25, 0.3) is 0 Å². The Balaban J connectivity index is 1.53. The van der Waals surface area contributed by atoms with Crippen LogP contribution in [0, 0.1) is 12.7 Å². The van der Waals surface area contributed by atoms with Crippen molar-refractivity contribution in [2.45, 2.75) is 19.9 Å². The third-order valence-electron chi connectivity index (χ3n) is 5.14. The van der Waals surface area contributed by atoms with Crippen molar-refractivity contribution in [1.82, 2.24) is 5.32 Å². The monoisotopic (exact) mass is 415 g/mol. The van der Waals surface area contributed by atoms with Crippen LogP contribution in [0.15, 0.2) is 77.8 Å². The van der Waals surface area contributed by atoms with Crippen molar-refractivity contribution in [1.29, 1.82) is 0 Å². The molecule has 1 aliphatic rings. The number of carbonyl (C=O) groups is 2. The standard InChI is InChI=1S/C25H22FN3O2/c1-17-6-10-19(11-7-17)22-14-25(31)29(23-5-3-2-4-21(23)28-22)16-24(30)27-15-18-8-12-20(26)13-9-18/h2-13H,14-16H2,1H3,(H,27,30). The van der Waals surface area contributed by atoms with Gasteiger partial charge >= 0.3 is 0 Å². The molecule has 0 saturated carbocycles. The Morgan fingerprint density at radius 1 is 1.03 bits per heavy atom. The van der Waals surface area contributed by atoms with E-state index in [1.54, 1.807) is 18.2 Å². The highest BCUT2D eigenvalue weighted by molar-refractivity contribution is 6.18. The first kappa shape index (κ1) is 20.5. The van der Waals surface area contributed by atoms with Gasteiger partial charge in [0.2, 0.25) is 11.8 Å². The topological polar surface area (TPSA) is 61.8 Å². The van der Waals surface area contributed by atoms with Crippen molar-refractivity contribution in [2.75, 3.05) is 11.4 Å². The van der Waals surface area contributed by atoms with E-state index in [4.69, 9.17) is 4.99 Å². The van der Waals surface area contributed by atoms with Gasteiger partial charge in [-0.25, -0.2) is 4.39 Å². The number of amides is 2. The lowest BCUT2D eigenvalue weighted by Gasteiger charge is -2.22. The summed E-state index contributed by atoms with van der Waals surface area (Å²) in [7, 11) is 0. The van der Waals surface area contributed by atoms with Crippen molar-refractivity contribution in [3.63, 3.8) is 0 Å². The Bertz CT molecular complexity index is 1140. The zero-order valence-electron chi connectivity index (χ0n) is 17.1. The second kappa shape index (κ2) is 8.92. The number of carbonyl (C=O) groups excluding carboxylic acids is 2. The summed E-state index contributed by atoms with van der Waals surface area (Å²) in [5.41, 5.74) is 4.72.